The van der Waals surface area contributed by atoms with Gasteiger partial charge in [0, 0.05) is 0 Å². The molecule has 25 heavy (non-hydrogen) atoms. The van der Waals surface area contributed by atoms with Crippen molar-refractivity contribution in [3.8, 4) is 23.3 Å². The van der Waals surface area contributed by atoms with E-state index in [1.807, 2.05) is 6.92 Å². The van der Waals surface area contributed by atoms with Crippen molar-refractivity contribution in [1.29, 1.82) is 5.26 Å². The summed E-state index contributed by atoms with van der Waals surface area (Å²) >= 11 is 0. The third kappa shape index (κ3) is 5.85. The van der Waals surface area contributed by atoms with Gasteiger partial charge in [0.05, 0.1) is 18.2 Å². The van der Waals surface area contributed by atoms with Gasteiger partial charge in [-0.3, -0.25) is 0 Å². The standard InChI is InChI=1S/C20H21NO4/c1-3-4-13-23-20(22)15(2)24-17-9-11-19(12-10-17)25-18-7-5-16(14-21)6-8-18/h5-12,15H,3-4,13H2,1-2H3/t15-/m1/s1. The number of nitriles is 1. The van der Waals surface area contributed by atoms with Gasteiger partial charge in [-0.1, -0.05) is 13.3 Å². The Labute approximate surface area is 147 Å². The lowest BCUT2D eigenvalue weighted by Crippen LogP contribution is -2.26. The lowest BCUT2D eigenvalue weighted by atomic mass is 10.2. The molecule has 0 amide bonds. The first-order valence-electron chi connectivity index (χ1n) is 8.23. The molecule has 2 rings (SSSR count). The fourth-order valence-corrected chi connectivity index (χ4v) is 2.01. The van der Waals surface area contributed by atoms with Gasteiger partial charge in [-0.2, -0.15) is 5.26 Å². The summed E-state index contributed by atoms with van der Waals surface area (Å²) in [4.78, 5) is 11.8. The second-order valence-electron chi connectivity index (χ2n) is 5.49. The van der Waals surface area contributed by atoms with Crippen LogP contribution >= 0.6 is 0 Å². The number of carbonyl (C=O) groups is 1. The molecule has 0 unspecified atom stereocenters. The highest BCUT2D eigenvalue weighted by atomic mass is 16.6. The molecule has 2 aromatic carbocycles. The molecule has 0 heterocycles. The smallest absolute Gasteiger partial charge is 0.347 e. The van der Waals surface area contributed by atoms with Crippen molar-refractivity contribution in [2.45, 2.75) is 32.8 Å². The average molecular weight is 339 g/mol. The minimum atomic E-state index is -0.665. The summed E-state index contributed by atoms with van der Waals surface area (Å²) in [6.07, 6.45) is 1.16. The lowest BCUT2D eigenvalue weighted by molar-refractivity contribution is -0.151. The molecule has 0 saturated carbocycles. The first kappa shape index (κ1) is 18.3. The fraction of sp³-hybridized carbons (Fsp3) is 0.300. The zero-order valence-electron chi connectivity index (χ0n) is 14.4. The van der Waals surface area contributed by atoms with Crippen LogP contribution in [0.1, 0.15) is 32.3 Å². The molecule has 5 nitrogen and oxygen atoms in total. The van der Waals surface area contributed by atoms with Gasteiger partial charge in [0.15, 0.2) is 6.10 Å². The summed E-state index contributed by atoms with van der Waals surface area (Å²) in [6.45, 7) is 4.12. The Bertz CT molecular complexity index is 717. The van der Waals surface area contributed by atoms with Crippen LogP contribution in [0.2, 0.25) is 0 Å². The fourth-order valence-electron chi connectivity index (χ4n) is 2.01. The maximum atomic E-state index is 11.8. The SMILES string of the molecule is CCCCOC(=O)[C@@H](C)Oc1ccc(Oc2ccc(C#N)cc2)cc1. The Morgan fingerprint density at radius 2 is 1.60 bits per heavy atom. The largest absolute Gasteiger partial charge is 0.479 e. The van der Waals surface area contributed by atoms with E-state index in [0.717, 1.165) is 12.8 Å². The quantitative estimate of drug-likeness (QED) is 0.524. The van der Waals surface area contributed by atoms with Crippen LogP contribution in [-0.4, -0.2) is 18.7 Å². The Balaban J connectivity index is 1.88. The molecule has 0 aliphatic carbocycles. The molecule has 0 radical (unpaired) electrons. The number of ether oxygens (including phenoxy) is 3. The molecule has 0 N–H and O–H groups in total. The average Bonchev–Trinajstić information content (AvgIpc) is 2.64. The monoisotopic (exact) mass is 339 g/mol. The van der Waals surface area contributed by atoms with Crippen LogP contribution in [0.4, 0.5) is 0 Å². The van der Waals surface area contributed by atoms with E-state index >= 15 is 0 Å². The van der Waals surface area contributed by atoms with Crippen molar-refractivity contribution in [1.82, 2.24) is 0 Å². The zero-order chi connectivity index (χ0) is 18.1. The third-order valence-corrected chi connectivity index (χ3v) is 3.43. The van der Waals surface area contributed by atoms with Gasteiger partial charge in [-0.15, -0.1) is 0 Å². The van der Waals surface area contributed by atoms with Gasteiger partial charge in [-0.25, -0.2) is 4.79 Å². The van der Waals surface area contributed by atoms with Crippen molar-refractivity contribution < 1.29 is 19.0 Å². The van der Waals surface area contributed by atoms with E-state index in [0.29, 0.717) is 29.4 Å². The highest BCUT2D eigenvalue weighted by Crippen LogP contribution is 2.24. The summed E-state index contributed by atoms with van der Waals surface area (Å²) in [5.41, 5.74) is 0.580. The van der Waals surface area contributed by atoms with Crippen molar-refractivity contribution in [3.63, 3.8) is 0 Å². The first-order chi connectivity index (χ1) is 12.1. The van der Waals surface area contributed by atoms with Crippen molar-refractivity contribution in [2.75, 3.05) is 6.61 Å². The minimum absolute atomic E-state index is 0.369. The number of hydrogen-bond donors (Lipinski definition) is 0. The number of hydrogen-bond acceptors (Lipinski definition) is 5. The Morgan fingerprint density at radius 3 is 2.16 bits per heavy atom. The van der Waals surface area contributed by atoms with Gasteiger partial charge >= 0.3 is 5.97 Å². The minimum Gasteiger partial charge on any atom is -0.479 e. The number of carbonyl (C=O) groups excluding carboxylic acids is 1. The molecule has 130 valence electrons. The van der Waals surface area contributed by atoms with Gasteiger partial charge in [-0.05, 0) is 61.9 Å². The van der Waals surface area contributed by atoms with E-state index in [4.69, 9.17) is 19.5 Å². The molecule has 0 spiro atoms. The van der Waals surface area contributed by atoms with Crippen LogP contribution in [0.5, 0.6) is 17.2 Å². The Morgan fingerprint density at radius 1 is 1.04 bits per heavy atom. The summed E-state index contributed by atoms with van der Waals surface area (Å²) in [5.74, 6) is 1.47. The molecule has 0 fully saturated rings. The highest BCUT2D eigenvalue weighted by molar-refractivity contribution is 5.74. The van der Waals surface area contributed by atoms with Gasteiger partial charge in [0.2, 0.25) is 0 Å². The van der Waals surface area contributed by atoms with Crippen LogP contribution in [0, 0.1) is 11.3 Å². The van der Waals surface area contributed by atoms with Gasteiger partial charge in [0.1, 0.15) is 17.2 Å². The molecular formula is C20H21NO4. The van der Waals surface area contributed by atoms with E-state index < -0.39 is 6.10 Å². The summed E-state index contributed by atoms with van der Waals surface area (Å²) in [7, 11) is 0. The van der Waals surface area contributed by atoms with Gasteiger partial charge < -0.3 is 14.2 Å². The van der Waals surface area contributed by atoms with Crippen LogP contribution in [0.25, 0.3) is 0 Å². The van der Waals surface area contributed by atoms with Crippen molar-refractivity contribution in [3.05, 3.63) is 54.1 Å². The molecule has 5 heteroatoms. The third-order valence-electron chi connectivity index (χ3n) is 3.43. The van der Waals surface area contributed by atoms with Crippen LogP contribution < -0.4 is 9.47 Å². The Hall–Kier alpha value is -3.00. The molecule has 2 aromatic rings. The van der Waals surface area contributed by atoms with Gasteiger partial charge in [0.25, 0.3) is 0 Å². The summed E-state index contributed by atoms with van der Waals surface area (Å²) in [5, 5.41) is 8.78. The predicted molar refractivity (Wildman–Crippen MR) is 93.6 cm³/mol. The van der Waals surface area contributed by atoms with Crippen LogP contribution in [0.15, 0.2) is 48.5 Å². The maximum absolute atomic E-state index is 11.8. The highest BCUT2D eigenvalue weighted by Gasteiger charge is 2.16. The van der Waals surface area contributed by atoms with Crippen molar-refractivity contribution >= 4 is 5.97 Å². The van der Waals surface area contributed by atoms with E-state index in [1.54, 1.807) is 55.5 Å². The topological polar surface area (TPSA) is 68.6 Å². The number of unbranched alkanes of at least 4 members (excludes halogenated alkanes) is 1. The van der Waals surface area contributed by atoms with E-state index in [-0.39, 0.29) is 5.97 Å². The van der Waals surface area contributed by atoms with E-state index in [9.17, 15) is 4.79 Å². The molecule has 0 aliphatic heterocycles. The van der Waals surface area contributed by atoms with Crippen LogP contribution in [-0.2, 0) is 9.53 Å². The normalized spacial score (nSPS) is 11.2. The zero-order valence-corrected chi connectivity index (χ0v) is 14.4. The number of esters is 1. The molecule has 0 bridgehead atoms. The first-order valence-corrected chi connectivity index (χ1v) is 8.23. The Kier molecular flexibility index (Phi) is 6.85. The number of rotatable bonds is 8. The summed E-state index contributed by atoms with van der Waals surface area (Å²) in [6, 6.07) is 15.9. The maximum Gasteiger partial charge on any atom is 0.347 e. The second kappa shape index (κ2) is 9.33. The molecule has 0 aliphatic rings. The predicted octanol–water partition coefficient (Wildman–Crippen LogP) is 4.46. The number of nitrogens with zero attached hydrogens (tertiary/aromatic N) is 1. The van der Waals surface area contributed by atoms with E-state index in [1.165, 1.54) is 0 Å². The molecular weight excluding hydrogens is 318 g/mol. The van der Waals surface area contributed by atoms with E-state index in [2.05, 4.69) is 6.07 Å². The molecule has 0 aromatic heterocycles. The lowest BCUT2D eigenvalue weighted by Gasteiger charge is -2.14. The summed E-state index contributed by atoms with van der Waals surface area (Å²) < 4.78 is 16.4. The van der Waals surface area contributed by atoms with Crippen molar-refractivity contribution in [2.24, 2.45) is 0 Å². The number of benzene rings is 2. The molecule has 1 atom stereocenters. The second-order valence-corrected chi connectivity index (χ2v) is 5.49. The molecule has 0 saturated heterocycles. The van der Waals surface area contributed by atoms with Crippen LogP contribution in [0.3, 0.4) is 0 Å².